The summed E-state index contributed by atoms with van der Waals surface area (Å²) in [6, 6.07) is 25.8. The van der Waals surface area contributed by atoms with Gasteiger partial charge in [-0.15, -0.1) is 0 Å². The largest absolute Gasteiger partial charge is 0.494 e. The second-order valence-corrected chi connectivity index (χ2v) is 7.96. The van der Waals surface area contributed by atoms with E-state index < -0.39 is 5.97 Å². The van der Waals surface area contributed by atoms with Crippen LogP contribution in [-0.2, 0) is 4.79 Å². The molecule has 0 atom stereocenters. The van der Waals surface area contributed by atoms with Crippen LogP contribution < -0.4 is 9.47 Å². The van der Waals surface area contributed by atoms with Crippen LogP contribution in [0.2, 0.25) is 0 Å². The van der Waals surface area contributed by atoms with Crippen LogP contribution in [0.5, 0.6) is 17.2 Å². The summed E-state index contributed by atoms with van der Waals surface area (Å²) in [5.74, 6) is 1.52. The Morgan fingerprint density at radius 3 is 2.00 bits per heavy atom. The molecule has 0 radical (unpaired) electrons. The van der Waals surface area contributed by atoms with Crippen LogP contribution in [0.1, 0.15) is 32.6 Å². The third-order valence-electron chi connectivity index (χ3n) is 5.04. The number of hydrogen-bond acceptors (Lipinski definition) is 3. The molecule has 0 spiro atoms. The molecule has 1 N–H and O–H groups in total. The molecule has 0 aliphatic carbocycles. The number of hydrogen-bond donors (Lipinski definition) is 1. The molecule has 0 amide bonds. The number of carboxylic acids is 1. The van der Waals surface area contributed by atoms with Gasteiger partial charge in [0.1, 0.15) is 17.2 Å². The van der Waals surface area contributed by atoms with Crippen LogP contribution in [0.4, 0.5) is 0 Å². The standard InChI is InChI=1S/C29H30O4/c1-22(2)21-23(10-19-29(30)31)7-6-20-32-26-15-17-28(18-16-26)33-27-13-11-25(12-14-27)24-8-4-3-5-9-24/h3-5,8-9,11-18,21H,1,6-7,10,19-20H2,2H3,(H,30,31)/b23-21-. The number of benzene rings is 3. The molecule has 170 valence electrons. The van der Waals surface area contributed by atoms with Crippen LogP contribution in [-0.4, -0.2) is 17.7 Å². The average Bonchev–Trinajstić information content (AvgIpc) is 2.82. The van der Waals surface area contributed by atoms with Gasteiger partial charge in [0.25, 0.3) is 0 Å². The molecular weight excluding hydrogens is 412 g/mol. The van der Waals surface area contributed by atoms with Gasteiger partial charge in [-0.25, -0.2) is 0 Å². The third-order valence-corrected chi connectivity index (χ3v) is 5.04. The molecule has 33 heavy (non-hydrogen) atoms. The van der Waals surface area contributed by atoms with Crippen LogP contribution >= 0.6 is 0 Å². The summed E-state index contributed by atoms with van der Waals surface area (Å²) in [5, 5.41) is 8.91. The summed E-state index contributed by atoms with van der Waals surface area (Å²) < 4.78 is 11.8. The molecule has 0 unspecified atom stereocenters. The Hall–Kier alpha value is -3.79. The highest BCUT2D eigenvalue weighted by molar-refractivity contribution is 5.67. The predicted molar refractivity (Wildman–Crippen MR) is 133 cm³/mol. The fourth-order valence-electron chi connectivity index (χ4n) is 3.46. The van der Waals surface area contributed by atoms with E-state index in [1.54, 1.807) is 0 Å². The summed E-state index contributed by atoms with van der Waals surface area (Å²) >= 11 is 0. The van der Waals surface area contributed by atoms with Gasteiger partial charge in [-0.2, -0.15) is 0 Å². The fraction of sp³-hybridized carbons (Fsp3) is 0.207. The number of aliphatic carboxylic acids is 1. The molecule has 0 aliphatic heterocycles. The van der Waals surface area contributed by atoms with Gasteiger partial charge in [0, 0.05) is 6.42 Å². The number of ether oxygens (including phenoxy) is 2. The molecule has 3 aromatic rings. The first-order valence-electron chi connectivity index (χ1n) is 11.1. The Kier molecular flexibility index (Phi) is 8.89. The first kappa shape index (κ1) is 23.9. The molecular formula is C29H30O4. The quantitative estimate of drug-likeness (QED) is 0.231. The van der Waals surface area contributed by atoms with Crippen molar-refractivity contribution < 1.29 is 19.4 Å². The summed E-state index contributed by atoms with van der Waals surface area (Å²) in [5.41, 5.74) is 4.35. The average molecular weight is 443 g/mol. The van der Waals surface area contributed by atoms with E-state index in [4.69, 9.17) is 14.6 Å². The minimum Gasteiger partial charge on any atom is -0.494 e. The summed E-state index contributed by atoms with van der Waals surface area (Å²) in [6.45, 7) is 6.36. The molecule has 0 saturated carbocycles. The topological polar surface area (TPSA) is 55.8 Å². The number of allylic oxidation sites excluding steroid dienone is 3. The zero-order valence-corrected chi connectivity index (χ0v) is 19.0. The Bertz CT molecular complexity index is 1060. The lowest BCUT2D eigenvalue weighted by Gasteiger charge is -2.10. The molecule has 0 saturated heterocycles. The molecule has 3 aromatic carbocycles. The molecule has 3 rings (SSSR count). The normalized spacial score (nSPS) is 11.1. The van der Waals surface area contributed by atoms with Crippen molar-refractivity contribution in [3.63, 3.8) is 0 Å². The van der Waals surface area contributed by atoms with Gasteiger partial charge in [-0.3, -0.25) is 4.79 Å². The second-order valence-electron chi connectivity index (χ2n) is 7.96. The van der Waals surface area contributed by atoms with Crippen LogP contribution in [0, 0.1) is 0 Å². The molecule has 0 heterocycles. The van der Waals surface area contributed by atoms with Crippen molar-refractivity contribution in [2.45, 2.75) is 32.6 Å². The van der Waals surface area contributed by atoms with Crippen molar-refractivity contribution in [1.82, 2.24) is 0 Å². The third kappa shape index (κ3) is 8.34. The van der Waals surface area contributed by atoms with Gasteiger partial charge >= 0.3 is 5.97 Å². The number of rotatable bonds is 12. The fourth-order valence-corrected chi connectivity index (χ4v) is 3.46. The van der Waals surface area contributed by atoms with E-state index in [0.29, 0.717) is 13.0 Å². The lowest BCUT2D eigenvalue weighted by atomic mass is 10.0. The van der Waals surface area contributed by atoms with E-state index >= 15 is 0 Å². The van der Waals surface area contributed by atoms with Gasteiger partial charge in [-0.05, 0) is 73.7 Å². The van der Waals surface area contributed by atoms with Gasteiger partial charge in [0.05, 0.1) is 6.61 Å². The van der Waals surface area contributed by atoms with E-state index in [2.05, 4.69) is 30.8 Å². The van der Waals surface area contributed by atoms with Crippen molar-refractivity contribution >= 4 is 5.97 Å². The van der Waals surface area contributed by atoms with E-state index in [9.17, 15) is 4.79 Å². The van der Waals surface area contributed by atoms with Crippen molar-refractivity contribution in [3.8, 4) is 28.4 Å². The first-order valence-corrected chi connectivity index (χ1v) is 11.1. The van der Waals surface area contributed by atoms with Gasteiger partial charge < -0.3 is 14.6 Å². The summed E-state index contributed by atoms with van der Waals surface area (Å²) in [6.07, 6.45) is 4.25. The van der Waals surface area contributed by atoms with E-state index in [0.717, 1.165) is 46.8 Å². The van der Waals surface area contributed by atoms with Crippen molar-refractivity contribution in [1.29, 1.82) is 0 Å². The Morgan fingerprint density at radius 1 is 0.818 bits per heavy atom. The Morgan fingerprint density at radius 2 is 1.39 bits per heavy atom. The van der Waals surface area contributed by atoms with Crippen LogP contribution in [0.3, 0.4) is 0 Å². The lowest BCUT2D eigenvalue weighted by molar-refractivity contribution is -0.136. The van der Waals surface area contributed by atoms with Crippen molar-refractivity contribution in [2.75, 3.05) is 6.61 Å². The van der Waals surface area contributed by atoms with Gasteiger partial charge in [0.15, 0.2) is 0 Å². The minimum atomic E-state index is -0.784. The van der Waals surface area contributed by atoms with E-state index in [1.807, 2.05) is 67.6 Å². The van der Waals surface area contributed by atoms with Crippen molar-refractivity contribution in [2.24, 2.45) is 0 Å². The van der Waals surface area contributed by atoms with Gasteiger partial charge in [-0.1, -0.05) is 66.3 Å². The SMILES string of the molecule is C=C(C)/C=C(/CCCOc1ccc(Oc2ccc(-c3ccccc3)cc2)cc1)CCC(=O)O. The second kappa shape index (κ2) is 12.3. The van der Waals surface area contributed by atoms with Crippen molar-refractivity contribution in [3.05, 3.63) is 103 Å². The van der Waals surface area contributed by atoms with Crippen LogP contribution in [0.15, 0.2) is 103 Å². The summed E-state index contributed by atoms with van der Waals surface area (Å²) in [7, 11) is 0. The van der Waals surface area contributed by atoms with Crippen LogP contribution in [0.25, 0.3) is 11.1 Å². The molecule has 4 heteroatoms. The highest BCUT2D eigenvalue weighted by Crippen LogP contribution is 2.27. The Balaban J connectivity index is 1.46. The lowest BCUT2D eigenvalue weighted by Crippen LogP contribution is -2.00. The zero-order chi connectivity index (χ0) is 23.5. The summed E-state index contributed by atoms with van der Waals surface area (Å²) in [4.78, 5) is 10.8. The first-order chi connectivity index (χ1) is 16.0. The highest BCUT2D eigenvalue weighted by atomic mass is 16.5. The molecule has 0 bridgehead atoms. The zero-order valence-electron chi connectivity index (χ0n) is 19.0. The molecule has 0 aromatic heterocycles. The Labute approximate surface area is 195 Å². The maximum atomic E-state index is 10.8. The van der Waals surface area contributed by atoms with Gasteiger partial charge in [0.2, 0.25) is 0 Å². The monoisotopic (exact) mass is 442 g/mol. The maximum Gasteiger partial charge on any atom is 0.303 e. The maximum absolute atomic E-state index is 10.8. The molecule has 0 fully saturated rings. The predicted octanol–water partition coefficient (Wildman–Crippen LogP) is 7.67. The van der Waals surface area contributed by atoms with E-state index in [1.165, 1.54) is 5.56 Å². The molecule has 4 nitrogen and oxygen atoms in total. The minimum absolute atomic E-state index is 0.135. The number of carbonyl (C=O) groups is 1. The highest BCUT2D eigenvalue weighted by Gasteiger charge is 2.04. The van der Waals surface area contributed by atoms with E-state index in [-0.39, 0.29) is 6.42 Å². The number of carboxylic acid groups (broad SMARTS) is 1. The molecule has 0 aliphatic rings. The smallest absolute Gasteiger partial charge is 0.303 e.